The number of fused-ring (bicyclic) bond motifs is 2. The minimum atomic E-state index is -1.32. The number of benzene rings is 3. The van der Waals surface area contributed by atoms with Crippen molar-refractivity contribution in [2.24, 2.45) is 0 Å². The largest absolute Gasteiger partial charge is 0.490 e. The van der Waals surface area contributed by atoms with Gasteiger partial charge in [-0.2, -0.15) is 5.26 Å². The summed E-state index contributed by atoms with van der Waals surface area (Å²) in [5, 5.41) is 24.8. The van der Waals surface area contributed by atoms with Crippen LogP contribution in [0, 0.1) is 23.0 Å². The first-order valence-electron chi connectivity index (χ1n) is 11.5. The Kier molecular flexibility index (Phi) is 5.22. The van der Waals surface area contributed by atoms with E-state index in [4.69, 9.17) is 21.1 Å². The molecule has 1 fully saturated rings. The van der Waals surface area contributed by atoms with E-state index in [1.807, 2.05) is 36.4 Å². The van der Waals surface area contributed by atoms with Crippen LogP contribution in [-0.2, 0) is 12.0 Å². The van der Waals surface area contributed by atoms with Crippen LogP contribution in [0.2, 0.25) is 5.02 Å². The van der Waals surface area contributed by atoms with E-state index in [1.54, 1.807) is 6.07 Å². The zero-order chi connectivity index (χ0) is 24.3. The lowest BCUT2D eigenvalue weighted by atomic mass is 9.78. The maximum atomic E-state index is 15.8. The summed E-state index contributed by atoms with van der Waals surface area (Å²) in [4.78, 5) is 0. The summed E-state index contributed by atoms with van der Waals surface area (Å²) in [6, 6.07) is 13.6. The van der Waals surface area contributed by atoms with Gasteiger partial charge < -0.3 is 19.9 Å². The third-order valence-corrected chi connectivity index (χ3v) is 7.64. The number of rotatable bonds is 3. The quantitative estimate of drug-likeness (QED) is 0.526. The van der Waals surface area contributed by atoms with Crippen LogP contribution in [0.4, 0.5) is 8.78 Å². The van der Waals surface area contributed by atoms with Crippen LogP contribution in [-0.4, -0.2) is 24.3 Å². The maximum Gasteiger partial charge on any atom is 0.179 e. The molecule has 3 aliphatic heterocycles. The normalized spacial score (nSPS) is 24.4. The average Bonchev–Trinajstić information content (AvgIpc) is 3.62. The lowest BCUT2D eigenvalue weighted by Gasteiger charge is -2.38. The average molecular weight is 495 g/mol. The Hall–Kier alpha value is -3.18. The van der Waals surface area contributed by atoms with Gasteiger partial charge in [-0.25, -0.2) is 8.78 Å². The molecule has 0 spiro atoms. The standard InChI is InChI=1S/C27H21ClF2N2O3/c28-23-17(29)12-18-21(22(23)20-15(13-31)11-14-8-10-34-25(14)24(20)30)26(33)27(35-18,19-7-4-9-32-19)16-5-2-1-3-6-16/h1-3,5-6,11-12,19,26,32-33H,4,7-10H2/t19-,26-,27-/m0/s1. The Morgan fingerprint density at radius 2 is 1.97 bits per heavy atom. The number of nitrogens with one attached hydrogen (secondary N) is 1. The highest BCUT2D eigenvalue weighted by Crippen LogP contribution is 2.58. The van der Waals surface area contributed by atoms with Crippen molar-refractivity contribution in [3.8, 4) is 28.7 Å². The van der Waals surface area contributed by atoms with Crippen molar-refractivity contribution in [3.63, 3.8) is 0 Å². The van der Waals surface area contributed by atoms with Crippen LogP contribution < -0.4 is 14.8 Å². The third-order valence-electron chi connectivity index (χ3n) is 7.27. The topological polar surface area (TPSA) is 74.5 Å². The van der Waals surface area contributed by atoms with E-state index in [1.165, 1.54) is 0 Å². The van der Waals surface area contributed by atoms with Gasteiger partial charge in [0.15, 0.2) is 17.2 Å². The van der Waals surface area contributed by atoms with Gasteiger partial charge >= 0.3 is 0 Å². The predicted molar refractivity (Wildman–Crippen MR) is 125 cm³/mol. The van der Waals surface area contributed by atoms with Gasteiger partial charge in [0.05, 0.1) is 29.3 Å². The zero-order valence-corrected chi connectivity index (χ0v) is 19.3. The van der Waals surface area contributed by atoms with Crippen molar-refractivity contribution in [3.05, 3.63) is 81.4 Å². The first-order valence-corrected chi connectivity index (χ1v) is 11.9. The number of halogens is 3. The van der Waals surface area contributed by atoms with Crippen molar-refractivity contribution < 1.29 is 23.4 Å². The summed E-state index contributed by atoms with van der Waals surface area (Å²) in [7, 11) is 0. The molecule has 0 aromatic heterocycles. The molecule has 1 saturated heterocycles. The minimum absolute atomic E-state index is 0.00940. The van der Waals surface area contributed by atoms with E-state index in [9.17, 15) is 10.4 Å². The van der Waals surface area contributed by atoms with Crippen LogP contribution in [0.25, 0.3) is 11.1 Å². The molecule has 0 aliphatic carbocycles. The molecule has 3 heterocycles. The molecule has 0 bridgehead atoms. The predicted octanol–water partition coefficient (Wildman–Crippen LogP) is 5.17. The molecule has 0 radical (unpaired) electrons. The van der Waals surface area contributed by atoms with E-state index in [2.05, 4.69) is 5.32 Å². The van der Waals surface area contributed by atoms with Gasteiger partial charge in [0.2, 0.25) is 0 Å². The van der Waals surface area contributed by atoms with Crippen molar-refractivity contribution in [1.29, 1.82) is 5.26 Å². The Balaban J connectivity index is 1.64. The summed E-state index contributed by atoms with van der Waals surface area (Å²) < 4.78 is 42.9. The first-order chi connectivity index (χ1) is 17.0. The summed E-state index contributed by atoms with van der Waals surface area (Å²) >= 11 is 6.45. The van der Waals surface area contributed by atoms with Crippen LogP contribution in [0.1, 0.15) is 41.2 Å². The number of ether oxygens (including phenoxy) is 2. The van der Waals surface area contributed by atoms with Crippen molar-refractivity contribution >= 4 is 11.6 Å². The number of nitrogens with zero attached hydrogens (tertiary/aromatic N) is 1. The molecule has 0 amide bonds. The molecule has 3 aliphatic rings. The van der Waals surface area contributed by atoms with E-state index in [0.29, 0.717) is 17.5 Å². The summed E-state index contributed by atoms with van der Waals surface area (Å²) in [5.41, 5.74) is -0.159. The van der Waals surface area contributed by atoms with Crippen LogP contribution >= 0.6 is 11.6 Å². The molecule has 5 nitrogen and oxygen atoms in total. The summed E-state index contributed by atoms with van der Waals surface area (Å²) in [6.45, 7) is 1.02. The molecule has 35 heavy (non-hydrogen) atoms. The monoisotopic (exact) mass is 494 g/mol. The van der Waals surface area contributed by atoms with Crippen LogP contribution in [0.15, 0.2) is 42.5 Å². The van der Waals surface area contributed by atoms with Gasteiger partial charge in [-0.3, -0.25) is 0 Å². The van der Waals surface area contributed by atoms with Gasteiger partial charge in [-0.1, -0.05) is 41.9 Å². The van der Waals surface area contributed by atoms with Gasteiger partial charge in [0, 0.05) is 34.7 Å². The number of hydrogen-bond donors (Lipinski definition) is 2. The fraction of sp³-hybridized carbons (Fsp3) is 0.296. The molecule has 3 aromatic rings. The second-order valence-electron chi connectivity index (χ2n) is 9.08. The SMILES string of the molecule is N#Cc1cc2c(c(F)c1-c1c(Cl)c(F)cc3c1[C@H](O)[C@](c1ccccc1)([C@@H]1CCCN1)O3)OCC2. The lowest BCUT2D eigenvalue weighted by Crippen LogP contribution is -2.51. The van der Waals surface area contributed by atoms with Crippen molar-refractivity contribution in [1.82, 2.24) is 5.32 Å². The van der Waals surface area contributed by atoms with Gasteiger partial charge in [-0.05, 0) is 31.0 Å². The maximum absolute atomic E-state index is 15.8. The Labute approximate surface area is 205 Å². The number of aliphatic hydroxyl groups is 1. The Morgan fingerprint density at radius 3 is 2.69 bits per heavy atom. The highest BCUT2D eigenvalue weighted by atomic mass is 35.5. The van der Waals surface area contributed by atoms with Gasteiger partial charge in [0.1, 0.15) is 17.7 Å². The fourth-order valence-electron chi connectivity index (χ4n) is 5.72. The van der Waals surface area contributed by atoms with Crippen molar-refractivity contribution in [2.45, 2.75) is 37.0 Å². The van der Waals surface area contributed by atoms with Gasteiger partial charge in [-0.15, -0.1) is 0 Å². The van der Waals surface area contributed by atoms with Crippen LogP contribution in [0.5, 0.6) is 11.5 Å². The summed E-state index contributed by atoms with van der Waals surface area (Å²) in [5.74, 6) is -1.54. The van der Waals surface area contributed by atoms with Crippen molar-refractivity contribution in [2.75, 3.05) is 13.2 Å². The molecule has 8 heteroatoms. The Bertz CT molecular complexity index is 1390. The van der Waals surface area contributed by atoms with E-state index in [-0.39, 0.29) is 51.4 Å². The highest BCUT2D eigenvalue weighted by Gasteiger charge is 2.56. The molecular formula is C27H21ClF2N2O3. The smallest absolute Gasteiger partial charge is 0.179 e. The second kappa shape index (κ2) is 8.20. The zero-order valence-electron chi connectivity index (χ0n) is 18.6. The van der Waals surface area contributed by atoms with Gasteiger partial charge in [0.25, 0.3) is 0 Å². The van der Waals surface area contributed by atoms with E-state index < -0.39 is 23.3 Å². The Morgan fingerprint density at radius 1 is 1.17 bits per heavy atom. The molecule has 0 saturated carbocycles. The number of aliphatic hydroxyl groups excluding tert-OH is 1. The molecule has 178 valence electrons. The molecule has 3 atom stereocenters. The first kappa shape index (κ1) is 22.3. The lowest BCUT2D eigenvalue weighted by molar-refractivity contribution is -0.0566. The van der Waals surface area contributed by atoms with E-state index in [0.717, 1.165) is 25.5 Å². The fourth-order valence-corrected chi connectivity index (χ4v) is 5.97. The summed E-state index contributed by atoms with van der Waals surface area (Å²) in [6.07, 6.45) is 0.745. The second-order valence-corrected chi connectivity index (χ2v) is 9.46. The molecule has 0 unspecified atom stereocenters. The minimum Gasteiger partial charge on any atom is -0.490 e. The van der Waals surface area contributed by atoms with E-state index >= 15 is 8.78 Å². The molecule has 3 aromatic carbocycles. The molecule has 6 rings (SSSR count). The number of nitriles is 1. The highest BCUT2D eigenvalue weighted by molar-refractivity contribution is 6.34. The third kappa shape index (κ3) is 3.10. The number of hydrogen-bond acceptors (Lipinski definition) is 5. The van der Waals surface area contributed by atoms with Crippen LogP contribution in [0.3, 0.4) is 0 Å². The molecule has 2 N–H and O–H groups in total. The molecular weight excluding hydrogens is 474 g/mol.